The Balaban J connectivity index is 1.30. The Kier molecular flexibility index (Phi) is 6.05. The van der Waals surface area contributed by atoms with Crippen LogP contribution in [0.1, 0.15) is 37.8 Å². The van der Waals surface area contributed by atoms with E-state index < -0.39 is 10.2 Å². The predicted molar refractivity (Wildman–Crippen MR) is 125 cm³/mol. The molecule has 3 fully saturated rings. The fraction of sp³-hybridized carbons (Fsp3) is 0.619. The third kappa shape index (κ3) is 4.40. The van der Waals surface area contributed by atoms with Crippen molar-refractivity contribution < 1.29 is 13.2 Å². The number of aryl methyl sites for hydroxylation is 1. The lowest BCUT2D eigenvalue weighted by Crippen LogP contribution is -2.63. The number of anilines is 3. The summed E-state index contributed by atoms with van der Waals surface area (Å²) >= 11 is 0. The summed E-state index contributed by atoms with van der Waals surface area (Å²) in [4.78, 5) is 9.01. The van der Waals surface area contributed by atoms with Gasteiger partial charge < -0.3 is 15.4 Å². The SMILES string of the molecule is COc1cc(Nc2cc(C)[nH]n2)nc(N[C@@H]2C[C@H]3CCC[C@@H](C2)N3S(=O)(=O)N2CC(C#N)C2)n1. The summed E-state index contributed by atoms with van der Waals surface area (Å²) < 4.78 is 35.1. The molecule has 0 aliphatic carbocycles. The molecule has 3 aliphatic heterocycles. The summed E-state index contributed by atoms with van der Waals surface area (Å²) in [6.45, 7) is 2.50. The number of nitrogens with zero attached hydrogens (tertiary/aromatic N) is 6. The van der Waals surface area contributed by atoms with Crippen molar-refractivity contribution in [1.29, 1.82) is 5.26 Å². The third-order valence-corrected chi connectivity index (χ3v) is 8.82. The molecule has 0 saturated carbocycles. The molecule has 3 aliphatic rings. The predicted octanol–water partition coefficient (Wildman–Crippen LogP) is 1.76. The Hall–Kier alpha value is -2.95. The van der Waals surface area contributed by atoms with Crippen LogP contribution in [-0.2, 0) is 10.2 Å². The fourth-order valence-corrected chi connectivity index (χ4v) is 7.27. The van der Waals surface area contributed by atoms with E-state index in [-0.39, 0.29) is 24.0 Å². The molecular formula is C21H29N9O3S. The highest BCUT2D eigenvalue weighted by Gasteiger charge is 2.49. The van der Waals surface area contributed by atoms with Gasteiger partial charge in [-0.15, -0.1) is 0 Å². The Morgan fingerprint density at radius 2 is 1.91 bits per heavy atom. The van der Waals surface area contributed by atoms with E-state index in [2.05, 4.69) is 36.9 Å². The van der Waals surface area contributed by atoms with Crippen LogP contribution < -0.4 is 15.4 Å². The number of ether oxygens (including phenoxy) is 1. The summed E-state index contributed by atoms with van der Waals surface area (Å²) in [6.07, 6.45) is 4.02. The van der Waals surface area contributed by atoms with Crippen LogP contribution in [0, 0.1) is 24.2 Å². The summed E-state index contributed by atoms with van der Waals surface area (Å²) in [5, 5.41) is 22.7. The zero-order chi connectivity index (χ0) is 23.9. The average Bonchev–Trinajstić information content (AvgIpc) is 3.16. The summed E-state index contributed by atoms with van der Waals surface area (Å²) in [5.74, 6) is 1.82. The van der Waals surface area contributed by atoms with Crippen LogP contribution in [0.4, 0.5) is 17.6 Å². The van der Waals surface area contributed by atoms with Gasteiger partial charge in [0.1, 0.15) is 5.82 Å². The first-order chi connectivity index (χ1) is 16.4. The van der Waals surface area contributed by atoms with Crippen molar-refractivity contribution >= 4 is 27.8 Å². The molecule has 3 N–H and O–H groups in total. The second-order valence-corrected chi connectivity index (χ2v) is 11.0. The van der Waals surface area contributed by atoms with Gasteiger partial charge >= 0.3 is 0 Å². The van der Waals surface area contributed by atoms with Gasteiger partial charge in [0, 0.05) is 49.0 Å². The molecule has 3 atom stereocenters. The number of fused-ring (bicyclic) bond motifs is 2. The lowest BCUT2D eigenvalue weighted by atomic mass is 9.84. The molecule has 13 heteroatoms. The molecule has 34 heavy (non-hydrogen) atoms. The smallest absolute Gasteiger partial charge is 0.282 e. The van der Waals surface area contributed by atoms with Crippen LogP contribution in [-0.4, -0.2) is 75.5 Å². The van der Waals surface area contributed by atoms with Crippen molar-refractivity contribution in [2.75, 3.05) is 30.8 Å². The first-order valence-electron chi connectivity index (χ1n) is 11.5. The number of nitrogens with one attached hydrogen (secondary N) is 3. The molecule has 2 aromatic heterocycles. The summed E-state index contributed by atoms with van der Waals surface area (Å²) in [5.41, 5.74) is 0.927. The van der Waals surface area contributed by atoms with E-state index in [0.29, 0.717) is 49.4 Å². The number of aromatic nitrogens is 4. The average molecular weight is 488 g/mol. The van der Waals surface area contributed by atoms with Crippen LogP contribution in [0.25, 0.3) is 0 Å². The lowest BCUT2D eigenvalue weighted by molar-refractivity contribution is 0.0983. The number of nitriles is 1. The zero-order valence-corrected chi connectivity index (χ0v) is 20.0. The Morgan fingerprint density at radius 1 is 1.18 bits per heavy atom. The minimum Gasteiger partial charge on any atom is -0.481 e. The number of hydrogen-bond acceptors (Lipinski definition) is 9. The highest BCUT2D eigenvalue weighted by Crippen LogP contribution is 2.39. The molecule has 5 heterocycles. The standard InChI is InChI=1S/C21H29N9O3S/c1-13-6-19(28-27-13)24-18-9-20(33-2)26-21(25-18)23-15-7-16-4-3-5-17(8-15)30(16)34(31,32)29-11-14(10-22)12-29/h6,9,14-17H,3-5,7-8,11-12H2,1-2H3,(H3,23,24,25,26,27,28)/t15-,16-,17+. The second-order valence-electron chi connectivity index (χ2n) is 9.21. The van der Waals surface area contributed by atoms with Gasteiger partial charge in [0.15, 0.2) is 5.82 Å². The van der Waals surface area contributed by atoms with Gasteiger partial charge in [-0.2, -0.15) is 37.4 Å². The minimum atomic E-state index is -3.56. The van der Waals surface area contributed by atoms with Gasteiger partial charge in [0.2, 0.25) is 11.8 Å². The Bertz CT molecular complexity index is 1170. The molecule has 0 unspecified atom stereocenters. The molecule has 0 radical (unpaired) electrons. The van der Waals surface area contributed by atoms with E-state index in [4.69, 9.17) is 10.00 Å². The van der Waals surface area contributed by atoms with E-state index >= 15 is 0 Å². The highest BCUT2D eigenvalue weighted by atomic mass is 32.2. The van der Waals surface area contributed by atoms with Crippen LogP contribution in [0.15, 0.2) is 12.1 Å². The number of aromatic amines is 1. The normalized spacial score (nSPS) is 25.9. The van der Waals surface area contributed by atoms with E-state index in [1.165, 1.54) is 4.31 Å². The summed E-state index contributed by atoms with van der Waals surface area (Å²) in [6, 6.07) is 5.60. The molecule has 182 valence electrons. The van der Waals surface area contributed by atoms with Crippen molar-refractivity contribution in [3.05, 3.63) is 17.8 Å². The highest BCUT2D eigenvalue weighted by molar-refractivity contribution is 7.86. The number of methoxy groups -OCH3 is 1. The minimum absolute atomic E-state index is 0.0394. The van der Waals surface area contributed by atoms with Gasteiger partial charge in [0.25, 0.3) is 10.2 Å². The van der Waals surface area contributed by atoms with Crippen LogP contribution >= 0.6 is 0 Å². The summed E-state index contributed by atoms with van der Waals surface area (Å²) in [7, 11) is -2.01. The lowest BCUT2D eigenvalue weighted by Gasteiger charge is -2.50. The molecule has 0 spiro atoms. The van der Waals surface area contributed by atoms with Gasteiger partial charge in [-0.05, 0) is 32.6 Å². The molecule has 3 saturated heterocycles. The van der Waals surface area contributed by atoms with Gasteiger partial charge in [-0.3, -0.25) is 5.10 Å². The van der Waals surface area contributed by atoms with Crippen molar-refractivity contribution in [2.45, 2.75) is 57.2 Å². The van der Waals surface area contributed by atoms with Crippen LogP contribution in [0.2, 0.25) is 0 Å². The van der Waals surface area contributed by atoms with Gasteiger partial charge in [-0.1, -0.05) is 6.42 Å². The Morgan fingerprint density at radius 3 is 2.53 bits per heavy atom. The maximum Gasteiger partial charge on any atom is 0.282 e. The van der Waals surface area contributed by atoms with Crippen molar-refractivity contribution in [2.24, 2.45) is 5.92 Å². The largest absolute Gasteiger partial charge is 0.481 e. The monoisotopic (exact) mass is 487 g/mol. The first-order valence-corrected chi connectivity index (χ1v) is 12.9. The van der Waals surface area contributed by atoms with Crippen LogP contribution in [0.5, 0.6) is 5.88 Å². The van der Waals surface area contributed by atoms with E-state index in [1.54, 1.807) is 17.5 Å². The maximum absolute atomic E-state index is 13.3. The quantitative estimate of drug-likeness (QED) is 0.530. The number of H-pyrrole nitrogens is 1. The number of rotatable bonds is 7. The van der Waals surface area contributed by atoms with E-state index in [1.807, 2.05) is 13.0 Å². The number of piperidine rings is 2. The molecule has 5 rings (SSSR count). The topological polar surface area (TPSA) is 152 Å². The molecule has 2 aromatic rings. The van der Waals surface area contributed by atoms with Crippen molar-refractivity contribution in [1.82, 2.24) is 28.8 Å². The first kappa shape index (κ1) is 22.8. The Labute approximate surface area is 198 Å². The molecule has 2 bridgehead atoms. The molecule has 0 amide bonds. The number of hydrogen-bond donors (Lipinski definition) is 3. The molecular weight excluding hydrogens is 458 g/mol. The molecule has 0 aromatic carbocycles. The second kappa shape index (κ2) is 9.01. The fourth-order valence-electron chi connectivity index (χ4n) is 5.13. The van der Waals surface area contributed by atoms with E-state index in [0.717, 1.165) is 25.0 Å². The van der Waals surface area contributed by atoms with Crippen LogP contribution in [0.3, 0.4) is 0 Å². The van der Waals surface area contributed by atoms with Gasteiger partial charge in [-0.25, -0.2) is 0 Å². The van der Waals surface area contributed by atoms with Crippen molar-refractivity contribution in [3.63, 3.8) is 0 Å². The third-order valence-electron chi connectivity index (χ3n) is 6.74. The van der Waals surface area contributed by atoms with E-state index in [9.17, 15) is 8.42 Å². The van der Waals surface area contributed by atoms with Gasteiger partial charge in [0.05, 0.1) is 19.1 Å². The maximum atomic E-state index is 13.3. The van der Waals surface area contributed by atoms with Crippen molar-refractivity contribution in [3.8, 4) is 11.9 Å². The molecule has 12 nitrogen and oxygen atoms in total. The zero-order valence-electron chi connectivity index (χ0n) is 19.2.